The third-order valence-corrected chi connectivity index (χ3v) is 4.82. The smallest absolute Gasteiger partial charge is 0.251 e. The van der Waals surface area contributed by atoms with Crippen molar-refractivity contribution in [2.75, 3.05) is 6.54 Å². The third-order valence-electron chi connectivity index (χ3n) is 4.82. The fourth-order valence-electron chi connectivity index (χ4n) is 3.40. The predicted octanol–water partition coefficient (Wildman–Crippen LogP) is 3.22. The fraction of sp³-hybridized carbons (Fsp3) is 0.182. The second-order valence-electron chi connectivity index (χ2n) is 6.85. The maximum absolute atomic E-state index is 12.3. The van der Waals surface area contributed by atoms with Crippen molar-refractivity contribution in [1.29, 1.82) is 0 Å². The quantitative estimate of drug-likeness (QED) is 0.512. The zero-order valence-electron chi connectivity index (χ0n) is 15.1. The molecule has 0 unspecified atom stereocenters. The average molecular weight is 359 g/mol. The van der Waals surface area contributed by atoms with Crippen LogP contribution >= 0.6 is 0 Å². The number of aromatic nitrogens is 2. The van der Waals surface area contributed by atoms with Gasteiger partial charge < -0.3 is 15.3 Å². The Labute approximate surface area is 156 Å². The van der Waals surface area contributed by atoms with Crippen LogP contribution in [0.5, 0.6) is 0 Å². The van der Waals surface area contributed by atoms with Crippen molar-refractivity contribution in [3.05, 3.63) is 81.8 Å². The molecule has 0 bridgehead atoms. The van der Waals surface area contributed by atoms with Crippen molar-refractivity contribution in [1.82, 2.24) is 15.3 Å². The minimum absolute atomic E-state index is 0.0485. The Bertz CT molecular complexity index is 1190. The summed E-state index contributed by atoms with van der Waals surface area (Å²) in [6.07, 6.45) is 2.69. The Morgan fingerprint density at radius 3 is 2.78 bits per heavy atom. The van der Waals surface area contributed by atoms with E-state index in [4.69, 9.17) is 0 Å². The van der Waals surface area contributed by atoms with Crippen molar-refractivity contribution >= 4 is 27.7 Å². The monoisotopic (exact) mass is 359 g/mol. The lowest BCUT2D eigenvalue weighted by Crippen LogP contribution is -2.28. The average Bonchev–Trinajstić information content (AvgIpc) is 3.05. The molecule has 5 heteroatoms. The van der Waals surface area contributed by atoms with Gasteiger partial charge in [0.25, 0.3) is 5.56 Å². The normalized spacial score (nSPS) is 11.1. The number of H-pyrrole nitrogens is 2. The maximum Gasteiger partial charge on any atom is 0.251 e. The highest BCUT2D eigenvalue weighted by Gasteiger charge is 2.09. The largest absolute Gasteiger partial charge is 0.361 e. The Hall–Kier alpha value is -3.34. The first-order valence-electron chi connectivity index (χ1n) is 9.04. The first-order valence-corrected chi connectivity index (χ1v) is 9.04. The van der Waals surface area contributed by atoms with Crippen LogP contribution < -0.4 is 10.9 Å². The molecule has 5 nitrogen and oxygen atoms in total. The van der Waals surface area contributed by atoms with Gasteiger partial charge in [-0.15, -0.1) is 0 Å². The van der Waals surface area contributed by atoms with Crippen LogP contribution in [0.1, 0.15) is 16.7 Å². The maximum atomic E-state index is 12.3. The molecule has 2 aromatic carbocycles. The lowest BCUT2D eigenvalue weighted by molar-refractivity contribution is -0.120. The van der Waals surface area contributed by atoms with E-state index in [0.717, 1.165) is 32.9 Å². The minimum Gasteiger partial charge on any atom is -0.361 e. The van der Waals surface area contributed by atoms with Gasteiger partial charge in [0.05, 0.1) is 6.42 Å². The van der Waals surface area contributed by atoms with Crippen molar-refractivity contribution < 1.29 is 4.79 Å². The van der Waals surface area contributed by atoms with Gasteiger partial charge in [-0.25, -0.2) is 0 Å². The molecule has 2 aromatic heterocycles. The molecule has 4 rings (SSSR count). The van der Waals surface area contributed by atoms with Crippen LogP contribution in [0, 0.1) is 6.92 Å². The van der Waals surface area contributed by atoms with Gasteiger partial charge in [0, 0.05) is 34.7 Å². The number of rotatable bonds is 5. The summed E-state index contributed by atoms with van der Waals surface area (Å²) in [5.74, 6) is -0.0485. The van der Waals surface area contributed by atoms with Gasteiger partial charge in [-0.05, 0) is 48.1 Å². The highest BCUT2D eigenvalue weighted by atomic mass is 16.1. The summed E-state index contributed by atoms with van der Waals surface area (Å²) in [6.45, 7) is 2.43. The number of para-hydroxylation sites is 1. The van der Waals surface area contributed by atoms with Gasteiger partial charge in [-0.2, -0.15) is 0 Å². The molecule has 27 heavy (non-hydrogen) atoms. The van der Waals surface area contributed by atoms with Crippen LogP contribution in [0.25, 0.3) is 21.8 Å². The molecule has 2 heterocycles. The Balaban J connectivity index is 1.40. The zero-order valence-corrected chi connectivity index (χ0v) is 15.1. The molecule has 0 spiro atoms. The standard InChI is InChI=1S/C22H21N3O2/c1-14-6-7-15-11-16(22(27)25-20(15)10-14)8-9-23-21(26)12-17-13-24-19-5-3-2-4-18(17)19/h2-7,10-11,13,24H,8-9,12H2,1H3,(H,23,26)(H,25,27). The van der Waals surface area contributed by atoms with E-state index in [9.17, 15) is 9.59 Å². The molecule has 136 valence electrons. The van der Waals surface area contributed by atoms with E-state index in [1.165, 1.54) is 0 Å². The third kappa shape index (κ3) is 3.62. The van der Waals surface area contributed by atoms with Crippen molar-refractivity contribution in [2.45, 2.75) is 19.8 Å². The second kappa shape index (κ2) is 7.11. The summed E-state index contributed by atoms with van der Waals surface area (Å²) in [5, 5.41) is 4.98. The number of hydrogen-bond acceptors (Lipinski definition) is 2. The van der Waals surface area contributed by atoms with Crippen LogP contribution in [0.2, 0.25) is 0 Å². The lowest BCUT2D eigenvalue weighted by atomic mass is 10.1. The number of aryl methyl sites for hydroxylation is 1. The molecule has 0 saturated carbocycles. The Morgan fingerprint density at radius 2 is 1.89 bits per heavy atom. The van der Waals surface area contributed by atoms with Gasteiger partial charge in [-0.1, -0.05) is 30.3 Å². The summed E-state index contributed by atoms with van der Waals surface area (Å²) >= 11 is 0. The summed E-state index contributed by atoms with van der Waals surface area (Å²) in [4.78, 5) is 30.6. The highest BCUT2D eigenvalue weighted by molar-refractivity contribution is 5.88. The molecule has 0 aliphatic carbocycles. The number of pyridine rings is 1. The van der Waals surface area contributed by atoms with Gasteiger partial charge in [0.1, 0.15) is 0 Å². The van der Waals surface area contributed by atoms with Crippen molar-refractivity contribution in [2.24, 2.45) is 0 Å². The first kappa shape index (κ1) is 17.1. The zero-order chi connectivity index (χ0) is 18.8. The van der Waals surface area contributed by atoms with Gasteiger partial charge >= 0.3 is 0 Å². The molecule has 0 fully saturated rings. The summed E-state index contributed by atoms with van der Waals surface area (Å²) < 4.78 is 0. The number of hydrogen-bond donors (Lipinski definition) is 3. The molecular formula is C22H21N3O2. The van der Waals surface area contributed by atoms with Gasteiger partial charge in [0.15, 0.2) is 0 Å². The van der Waals surface area contributed by atoms with Gasteiger partial charge in [0.2, 0.25) is 5.91 Å². The fourth-order valence-corrected chi connectivity index (χ4v) is 3.40. The van der Waals surface area contributed by atoms with Crippen molar-refractivity contribution in [3.8, 4) is 0 Å². The van der Waals surface area contributed by atoms with E-state index in [1.807, 2.05) is 61.7 Å². The molecule has 0 aliphatic rings. The van der Waals surface area contributed by atoms with Crippen LogP contribution in [-0.4, -0.2) is 22.4 Å². The summed E-state index contributed by atoms with van der Waals surface area (Å²) in [6, 6.07) is 15.8. The van der Waals surface area contributed by atoms with E-state index in [0.29, 0.717) is 24.9 Å². The number of fused-ring (bicyclic) bond motifs is 2. The van der Waals surface area contributed by atoms with E-state index in [1.54, 1.807) is 0 Å². The first-order chi connectivity index (χ1) is 13.1. The van der Waals surface area contributed by atoms with Crippen molar-refractivity contribution in [3.63, 3.8) is 0 Å². The number of carbonyl (C=O) groups is 1. The SMILES string of the molecule is Cc1ccc2cc(CCNC(=O)Cc3c[nH]c4ccccc34)c(=O)[nH]c2c1. The molecule has 1 amide bonds. The summed E-state index contributed by atoms with van der Waals surface area (Å²) in [7, 11) is 0. The van der Waals surface area contributed by atoms with Crippen LogP contribution in [0.4, 0.5) is 0 Å². The molecular weight excluding hydrogens is 338 g/mol. The highest BCUT2D eigenvalue weighted by Crippen LogP contribution is 2.18. The lowest BCUT2D eigenvalue weighted by Gasteiger charge is -2.06. The van der Waals surface area contributed by atoms with Crippen LogP contribution in [-0.2, 0) is 17.6 Å². The molecule has 4 aromatic rings. The van der Waals surface area contributed by atoms with E-state index in [-0.39, 0.29) is 11.5 Å². The number of amides is 1. The predicted molar refractivity (Wildman–Crippen MR) is 108 cm³/mol. The molecule has 0 radical (unpaired) electrons. The van der Waals surface area contributed by atoms with Crippen LogP contribution in [0.3, 0.4) is 0 Å². The Morgan fingerprint density at radius 1 is 1.04 bits per heavy atom. The van der Waals surface area contributed by atoms with E-state index in [2.05, 4.69) is 15.3 Å². The van der Waals surface area contributed by atoms with E-state index >= 15 is 0 Å². The van der Waals surface area contributed by atoms with Gasteiger partial charge in [-0.3, -0.25) is 9.59 Å². The number of nitrogens with one attached hydrogen (secondary N) is 3. The Kier molecular flexibility index (Phi) is 4.50. The molecule has 3 N–H and O–H groups in total. The molecule has 0 atom stereocenters. The topological polar surface area (TPSA) is 77.8 Å². The summed E-state index contributed by atoms with van der Waals surface area (Å²) in [5.41, 5.74) is 4.53. The second-order valence-corrected chi connectivity index (χ2v) is 6.85. The van der Waals surface area contributed by atoms with E-state index < -0.39 is 0 Å². The molecule has 0 aliphatic heterocycles. The van der Waals surface area contributed by atoms with Crippen LogP contribution in [0.15, 0.2) is 59.5 Å². The molecule has 0 saturated heterocycles. The minimum atomic E-state index is -0.0982. The number of benzene rings is 2. The number of aromatic amines is 2. The number of carbonyl (C=O) groups excluding carboxylic acids is 1.